The van der Waals surface area contributed by atoms with Crippen LogP contribution in [0.4, 0.5) is 51.2 Å². The van der Waals surface area contributed by atoms with E-state index in [0.29, 0.717) is 0 Å². The Morgan fingerprint density at radius 2 is 0.443 bits per heavy atom. The molecule has 10 aromatic carbocycles. The van der Waals surface area contributed by atoms with Crippen LogP contribution in [0.15, 0.2) is 237 Å². The number of rotatable bonds is 22. The van der Waals surface area contributed by atoms with Gasteiger partial charge in [0.05, 0.1) is 0 Å². The second-order valence-corrected chi connectivity index (χ2v) is 21.1. The van der Waals surface area contributed by atoms with Crippen LogP contribution in [0.2, 0.25) is 0 Å². The van der Waals surface area contributed by atoms with E-state index in [4.69, 9.17) is 0 Å². The van der Waals surface area contributed by atoms with Crippen molar-refractivity contribution in [3.63, 3.8) is 0 Å². The average molecular weight is 1030 g/mol. The van der Waals surface area contributed by atoms with Gasteiger partial charge in [-0.1, -0.05) is 212 Å². The predicted octanol–water partition coefficient (Wildman–Crippen LogP) is 22.2. The van der Waals surface area contributed by atoms with Gasteiger partial charge in [0, 0.05) is 51.2 Å². The van der Waals surface area contributed by atoms with E-state index in [1.165, 1.54) is 101 Å². The molecule has 0 aliphatic carbocycles. The molecule has 0 atom stereocenters. The summed E-state index contributed by atoms with van der Waals surface area (Å²) in [5, 5.41) is 0. The molecular weight excluding hydrogens is 955 g/mol. The molecule has 0 amide bonds. The Balaban J connectivity index is 1.10. The Kier molecular flexibility index (Phi) is 17.7. The quantitative estimate of drug-likeness (QED) is 0.0670. The summed E-state index contributed by atoms with van der Waals surface area (Å²) in [6.45, 7) is 13.6. The van der Waals surface area contributed by atoms with Gasteiger partial charge in [-0.05, 0) is 197 Å². The highest BCUT2D eigenvalue weighted by Gasteiger charge is 2.22. The molecule has 3 nitrogen and oxygen atoms in total. The van der Waals surface area contributed by atoms with Crippen molar-refractivity contribution in [2.24, 2.45) is 0 Å². The lowest BCUT2D eigenvalue weighted by atomic mass is 9.92. The topological polar surface area (TPSA) is 9.72 Å². The molecule has 0 heterocycles. The Bertz CT molecular complexity index is 3330. The fraction of sp³-hybridized carbons (Fsp3) is 0.211. The smallest absolute Gasteiger partial charge is 0.0493 e. The zero-order valence-electron chi connectivity index (χ0n) is 47.4. The molecule has 3 heteroatoms. The number of para-hydroxylation sites is 6. The summed E-state index contributed by atoms with van der Waals surface area (Å²) in [6.07, 6.45) is 10.5. The minimum atomic E-state index is 1.01. The number of anilines is 9. The van der Waals surface area contributed by atoms with Crippen LogP contribution in [0.1, 0.15) is 100 Å². The first kappa shape index (κ1) is 54.0. The Hall–Kier alpha value is -8.40. The lowest BCUT2D eigenvalue weighted by Gasteiger charge is -2.30. The highest BCUT2D eigenvalue weighted by Crippen LogP contribution is 2.45. The molecule has 0 saturated heterocycles. The minimum Gasteiger partial charge on any atom is -0.310 e. The number of aryl methyl sites for hydroxylation is 6. The van der Waals surface area contributed by atoms with Crippen LogP contribution in [0.3, 0.4) is 0 Å². The van der Waals surface area contributed by atoms with Crippen LogP contribution >= 0.6 is 0 Å². The minimum absolute atomic E-state index is 1.01. The van der Waals surface area contributed by atoms with Crippen LogP contribution in [-0.4, -0.2) is 0 Å². The van der Waals surface area contributed by atoms with E-state index >= 15 is 0 Å². The molecule has 0 unspecified atom stereocenters. The second kappa shape index (κ2) is 25.8. The van der Waals surface area contributed by atoms with Gasteiger partial charge in [0.2, 0.25) is 0 Å². The van der Waals surface area contributed by atoms with E-state index in [1.807, 2.05) is 0 Å². The van der Waals surface area contributed by atoms with E-state index in [-0.39, 0.29) is 0 Å². The zero-order valence-corrected chi connectivity index (χ0v) is 47.4. The monoisotopic (exact) mass is 1030 g/mol. The van der Waals surface area contributed by atoms with Crippen molar-refractivity contribution in [1.29, 1.82) is 0 Å². The lowest BCUT2D eigenvalue weighted by molar-refractivity contribution is 0.909. The van der Waals surface area contributed by atoms with Crippen LogP contribution in [-0.2, 0) is 32.1 Å². The number of hydrogen-bond donors (Lipinski definition) is 0. The maximum atomic E-state index is 2.50. The molecule has 0 bridgehead atoms. The third-order valence-corrected chi connectivity index (χ3v) is 15.4. The Morgan fingerprint density at radius 1 is 0.228 bits per heavy atom. The molecule has 0 aliphatic heterocycles. The molecule has 10 rings (SSSR count). The summed E-state index contributed by atoms with van der Waals surface area (Å²) in [5.74, 6) is 0. The summed E-state index contributed by atoms with van der Waals surface area (Å²) >= 11 is 0. The fourth-order valence-corrected chi connectivity index (χ4v) is 11.6. The Labute approximate surface area is 472 Å². The molecule has 79 heavy (non-hydrogen) atoms. The van der Waals surface area contributed by atoms with Crippen molar-refractivity contribution in [3.05, 3.63) is 270 Å². The van der Waals surface area contributed by atoms with Gasteiger partial charge in [0.1, 0.15) is 0 Å². The first-order valence-electron chi connectivity index (χ1n) is 29.2. The van der Waals surface area contributed by atoms with Gasteiger partial charge in [-0.3, -0.25) is 0 Å². The molecule has 0 aromatic heterocycles. The van der Waals surface area contributed by atoms with Crippen LogP contribution in [0, 0.1) is 6.92 Å². The molecule has 0 spiro atoms. The summed E-state index contributed by atoms with van der Waals surface area (Å²) in [4.78, 5) is 7.44. The van der Waals surface area contributed by atoms with E-state index in [9.17, 15) is 0 Å². The molecule has 0 fully saturated rings. The van der Waals surface area contributed by atoms with E-state index in [0.717, 1.165) is 81.3 Å². The van der Waals surface area contributed by atoms with Crippen LogP contribution in [0.5, 0.6) is 0 Å². The van der Waals surface area contributed by atoms with Gasteiger partial charge in [-0.15, -0.1) is 0 Å². The maximum absolute atomic E-state index is 2.50. The summed E-state index contributed by atoms with van der Waals surface area (Å²) in [5.41, 5.74) is 25.9. The number of nitrogens with zero attached hydrogens (tertiary/aromatic N) is 3. The maximum Gasteiger partial charge on any atom is 0.0493 e. The van der Waals surface area contributed by atoms with Gasteiger partial charge in [-0.2, -0.15) is 0 Å². The van der Waals surface area contributed by atoms with Gasteiger partial charge in [0.15, 0.2) is 0 Å². The van der Waals surface area contributed by atoms with E-state index < -0.39 is 0 Å². The van der Waals surface area contributed by atoms with Crippen LogP contribution < -0.4 is 14.7 Å². The van der Waals surface area contributed by atoms with Crippen molar-refractivity contribution in [2.45, 2.75) is 106 Å². The Morgan fingerprint density at radius 3 is 0.684 bits per heavy atom. The van der Waals surface area contributed by atoms with Crippen molar-refractivity contribution in [2.75, 3.05) is 14.7 Å². The third kappa shape index (κ3) is 12.0. The highest BCUT2D eigenvalue weighted by molar-refractivity contribution is 5.88. The normalized spacial score (nSPS) is 11.2. The molecular formula is C76H77N3. The van der Waals surface area contributed by atoms with Crippen molar-refractivity contribution in [3.8, 4) is 33.4 Å². The second-order valence-electron chi connectivity index (χ2n) is 21.1. The SMILES string of the molecule is CCCc1ccccc1N(c1ccc(-c2cc(-c3ccc(N(c4ccccc4CCC)c4ccccc4CCC)cc3)cc(-c3ccc(N(c4ccccc4CCC)c4ccccc4CCC)cc3)c2)cc1)c1ccccc1C. The van der Waals surface area contributed by atoms with Gasteiger partial charge < -0.3 is 14.7 Å². The van der Waals surface area contributed by atoms with Crippen molar-refractivity contribution >= 4 is 51.2 Å². The molecule has 0 radical (unpaired) electrons. The third-order valence-electron chi connectivity index (χ3n) is 15.4. The molecule has 0 N–H and O–H groups in total. The van der Waals surface area contributed by atoms with Crippen molar-refractivity contribution in [1.82, 2.24) is 0 Å². The van der Waals surface area contributed by atoms with Gasteiger partial charge >= 0.3 is 0 Å². The highest BCUT2D eigenvalue weighted by atomic mass is 15.2. The molecule has 0 aliphatic rings. The standard InChI is InChI=1S/C76H77N3/c1-7-24-60-30-13-19-36-72(60)77(71-35-18-12-29-56(71)6)68-47-41-57(42-48-68)65-53-66(58-43-49-69(50-44-58)78(73-37-20-14-31-61(73)25-8-2)74-38-21-15-32-62(74)26-9-3)55-67(54-65)59-45-51-70(52-46-59)79(75-39-22-16-33-63(75)27-10-4)76-40-23-17-34-64(76)28-11-5/h12-23,29-55H,7-11,24-28H2,1-6H3. The predicted molar refractivity (Wildman–Crippen MR) is 342 cm³/mol. The average Bonchev–Trinajstić information content (AvgIpc) is 3.60. The van der Waals surface area contributed by atoms with Gasteiger partial charge in [0.25, 0.3) is 0 Å². The molecule has 10 aromatic rings. The molecule has 396 valence electrons. The fourth-order valence-electron chi connectivity index (χ4n) is 11.6. The molecule has 0 saturated carbocycles. The largest absolute Gasteiger partial charge is 0.310 e. The van der Waals surface area contributed by atoms with E-state index in [1.54, 1.807) is 0 Å². The zero-order chi connectivity index (χ0) is 54.5. The first-order chi connectivity index (χ1) is 38.9. The number of benzene rings is 10. The summed E-state index contributed by atoms with van der Waals surface area (Å²) < 4.78 is 0. The lowest BCUT2D eigenvalue weighted by Crippen LogP contribution is -2.14. The van der Waals surface area contributed by atoms with Crippen molar-refractivity contribution < 1.29 is 0 Å². The van der Waals surface area contributed by atoms with E-state index in [2.05, 4.69) is 293 Å². The number of hydrogen-bond acceptors (Lipinski definition) is 3. The van der Waals surface area contributed by atoms with Crippen LogP contribution in [0.25, 0.3) is 33.4 Å². The first-order valence-corrected chi connectivity index (χ1v) is 29.2. The summed E-state index contributed by atoms with van der Waals surface area (Å²) in [6, 6.07) is 88.6. The van der Waals surface area contributed by atoms with Gasteiger partial charge in [-0.25, -0.2) is 0 Å². The summed E-state index contributed by atoms with van der Waals surface area (Å²) in [7, 11) is 0.